The molecule has 0 aliphatic heterocycles. The topological polar surface area (TPSA) is 56.5 Å². The van der Waals surface area contributed by atoms with Gasteiger partial charge in [-0.05, 0) is 36.4 Å². The molecule has 0 spiro atoms. The molecule has 0 aliphatic carbocycles. The fraction of sp³-hybridized carbons (Fsp3) is 0.0476. The highest BCUT2D eigenvalue weighted by atomic mass is 35.5. The van der Waals surface area contributed by atoms with Gasteiger partial charge in [-0.1, -0.05) is 17.7 Å². The monoisotopic (exact) mass is 403 g/mol. The Labute approximate surface area is 170 Å². The lowest BCUT2D eigenvalue weighted by Gasteiger charge is -2.08. The average Bonchev–Trinajstić information content (AvgIpc) is 3.32. The minimum Gasteiger partial charge on any atom is -0.349 e. The van der Waals surface area contributed by atoms with Crippen LogP contribution in [0.15, 0.2) is 67.3 Å². The zero-order valence-electron chi connectivity index (χ0n) is 14.9. The van der Waals surface area contributed by atoms with Gasteiger partial charge in [0, 0.05) is 42.8 Å². The fourth-order valence-electron chi connectivity index (χ4n) is 3.19. The molecule has 5 nitrogen and oxygen atoms in total. The highest BCUT2D eigenvalue weighted by Crippen LogP contribution is 2.39. The fourth-order valence-corrected chi connectivity index (χ4v) is 4.45. The summed E-state index contributed by atoms with van der Waals surface area (Å²) in [6.45, 7) is 0. The van der Waals surface area contributed by atoms with E-state index in [1.54, 1.807) is 18.6 Å². The first-order chi connectivity index (χ1) is 13.7. The Morgan fingerprint density at radius 1 is 1.00 bits per heavy atom. The highest BCUT2D eigenvalue weighted by molar-refractivity contribution is 7.19. The first-order valence-electron chi connectivity index (χ1n) is 8.65. The maximum atomic E-state index is 6.50. The van der Waals surface area contributed by atoms with Crippen LogP contribution >= 0.6 is 22.9 Å². The van der Waals surface area contributed by atoms with Gasteiger partial charge >= 0.3 is 0 Å². The van der Waals surface area contributed by atoms with Crippen molar-refractivity contribution in [2.75, 3.05) is 0 Å². The molecule has 0 N–H and O–H groups in total. The number of aromatic nitrogens is 5. The number of rotatable bonds is 3. The first kappa shape index (κ1) is 17.0. The molecule has 7 heteroatoms. The van der Waals surface area contributed by atoms with E-state index in [0.29, 0.717) is 5.15 Å². The molecule has 5 aromatic rings. The van der Waals surface area contributed by atoms with Crippen molar-refractivity contribution in [3.63, 3.8) is 0 Å². The van der Waals surface area contributed by atoms with Crippen molar-refractivity contribution in [1.29, 1.82) is 0 Å². The van der Waals surface area contributed by atoms with E-state index in [0.717, 1.165) is 43.4 Å². The maximum absolute atomic E-state index is 6.50. The average molecular weight is 404 g/mol. The van der Waals surface area contributed by atoms with Crippen LogP contribution < -0.4 is 0 Å². The molecule has 0 radical (unpaired) electrons. The van der Waals surface area contributed by atoms with Crippen LogP contribution in [0.25, 0.3) is 43.4 Å². The minimum atomic E-state index is 0.443. The Kier molecular flexibility index (Phi) is 4.15. The molecule has 0 aliphatic rings. The molecule has 5 rings (SSSR count). The Morgan fingerprint density at radius 2 is 1.93 bits per heavy atom. The Morgan fingerprint density at radius 3 is 2.71 bits per heavy atom. The number of aryl methyl sites for hydroxylation is 1. The molecule has 0 atom stereocenters. The Balaban J connectivity index is 1.72. The van der Waals surface area contributed by atoms with Gasteiger partial charge in [-0.15, -0.1) is 11.3 Å². The quantitative estimate of drug-likeness (QED) is 0.400. The summed E-state index contributed by atoms with van der Waals surface area (Å²) in [4.78, 5) is 19.0. The lowest BCUT2D eigenvalue weighted by Crippen LogP contribution is -1.95. The third-order valence-electron chi connectivity index (χ3n) is 4.49. The highest BCUT2D eigenvalue weighted by Gasteiger charge is 2.18. The second-order valence-corrected chi connectivity index (χ2v) is 7.67. The van der Waals surface area contributed by atoms with Gasteiger partial charge in [0.2, 0.25) is 0 Å². The summed E-state index contributed by atoms with van der Waals surface area (Å²) in [5.74, 6) is 0. The molecule has 0 amide bonds. The van der Waals surface area contributed by atoms with E-state index in [4.69, 9.17) is 16.6 Å². The maximum Gasteiger partial charge on any atom is 0.150 e. The van der Waals surface area contributed by atoms with Crippen LogP contribution in [0.3, 0.4) is 0 Å². The number of hydrogen-bond donors (Lipinski definition) is 0. The third kappa shape index (κ3) is 2.87. The standard InChI is InChI=1S/C21H14ClN5S/c1-27-10-7-13-11-16(25-17(18(13)27)15-6-2-3-9-24-15)19-20(22)26-21(28-19)14-5-4-8-23-12-14/h2-12H,1H3. The van der Waals surface area contributed by atoms with E-state index in [9.17, 15) is 0 Å². The van der Waals surface area contributed by atoms with Gasteiger partial charge in [0.25, 0.3) is 0 Å². The number of thiazole rings is 1. The predicted molar refractivity (Wildman–Crippen MR) is 113 cm³/mol. The third-order valence-corrected chi connectivity index (χ3v) is 6.00. The molecule has 0 saturated heterocycles. The molecule has 0 bridgehead atoms. The van der Waals surface area contributed by atoms with Crippen molar-refractivity contribution in [1.82, 2.24) is 24.5 Å². The molecule has 136 valence electrons. The lowest BCUT2D eigenvalue weighted by molar-refractivity contribution is 0.966. The molecule has 0 saturated carbocycles. The number of halogens is 1. The van der Waals surface area contributed by atoms with Crippen molar-refractivity contribution in [2.45, 2.75) is 0 Å². The second kappa shape index (κ2) is 6.82. The van der Waals surface area contributed by atoms with Crippen LogP contribution in [0.2, 0.25) is 5.15 Å². The van der Waals surface area contributed by atoms with Gasteiger partial charge in [0.1, 0.15) is 15.9 Å². The van der Waals surface area contributed by atoms with Crippen molar-refractivity contribution in [2.24, 2.45) is 7.05 Å². The molecule has 0 aromatic carbocycles. The number of nitrogens with zero attached hydrogens (tertiary/aromatic N) is 5. The van der Waals surface area contributed by atoms with Gasteiger partial charge < -0.3 is 4.57 Å². The normalized spacial score (nSPS) is 11.2. The summed E-state index contributed by atoms with van der Waals surface area (Å²) < 4.78 is 2.06. The number of hydrogen-bond acceptors (Lipinski definition) is 5. The van der Waals surface area contributed by atoms with Gasteiger partial charge in [0.05, 0.1) is 21.8 Å². The van der Waals surface area contributed by atoms with E-state index >= 15 is 0 Å². The SMILES string of the molecule is Cn1ccc2cc(-c3sc(-c4cccnc4)nc3Cl)nc(-c3ccccn3)c21. The van der Waals surface area contributed by atoms with Crippen LogP contribution in [0, 0.1) is 0 Å². The summed E-state index contributed by atoms with van der Waals surface area (Å²) in [6, 6.07) is 13.8. The van der Waals surface area contributed by atoms with Crippen molar-refractivity contribution >= 4 is 33.8 Å². The summed E-state index contributed by atoms with van der Waals surface area (Å²) >= 11 is 8.01. The molecular formula is C21H14ClN5S. The van der Waals surface area contributed by atoms with Crippen LogP contribution in [0.4, 0.5) is 0 Å². The zero-order valence-corrected chi connectivity index (χ0v) is 16.4. The van der Waals surface area contributed by atoms with Crippen LogP contribution in [0.5, 0.6) is 0 Å². The van der Waals surface area contributed by atoms with Gasteiger partial charge in [0.15, 0.2) is 0 Å². The van der Waals surface area contributed by atoms with Crippen molar-refractivity contribution in [3.8, 4) is 32.5 Å². The lowest BCUT2D eigenvalue weighted by atomic mass is 10.1. The van der Waals surface area contributed by atoms with Gasteiger partial charge in [-0.3, -0.25) is 9.97 Å². The van der Waals surface area contributed by atoms with Crippen LogP contribution in [-0.2, 0) is 7.05 Å². The smallest absolute Gasteiger partial charge is 0.150 e. The minimum absolute atomic E-state index is 0.443. The molecule has 5 aromatic heterocycles. The summed E-state index contributed by atoms with van der Waals surface area (Å²) in [6.07, 6.45) is 7.33. The van der Waals surface area contributed by atoms with E-state index in [1.807, 2.05) is 49.6 Å². The van der Waals surface area contributed by atoms with Crippen LogP contribution in [-0.4, -0.2) is 24.5 Å². The molecule has 0 fully saturated rings. The summed E-state index contributed by atoms with van der Waals surface area (Å²) in [5.41, 5.74) is 4.41. The van der Waals surface area contributed by atoms with Crippen molar-refractivity contribution < 1.29 is 0 Å². The summed E-state index contributed by atoms with van der Waals surface area (Å²) in [7, 11) is 2.01. The van der Waals surface area contributed by atoms with E-state index < -0.39 is 0 Å². The molecule has 28 heavy (non-hydrogen) atoms. The Hall–Kier alpha value is -3.09. The molecule has 5 heterocycles. The number of pyridine rings is 3. The Bertz CT molecular complexity index is 1280. The van der Waals surface area contributed by atoms with Crippen LogP contribution in [0.1, 0.15) is 0 Å². The van der Waals surface area contributed by atoms with Gasteiger partial charge in [-0.25, -0.2) is 9.97 Å². The summed E-state index contributed by atoms with van der Waals surface area (Å²) in [5, 5.41) is 2.35. The second-order valence-electron chi connectivity index (χ2n) is 6.32. The predicted octanol–water partition coefficient (Wildman–Crippen LogP) is 5.47. The van der Waals surface area contributed by atoms with E-state index in [-0.39, 0.29) is 0 Å². The zero-order chi connectivity index (χ0) is 19.1. The van der Waals surface area contributed by atoms with Gasteiger partial charge in [-0.2, -0.15) is 0 Å². The largest absolute Gasteiger partial charge is 0.349 e. The molecule has 0 unspecified atom stereocenters. The first-order valence-corrected chi connectivity index (χ1v) is 9.85. The molecular weight excluding hydrogens is 390 g/mol. The van der Waals surface area contributed by atoms with E-state index in [2.05, 4.69) is 25.6 Å². The number of fused-ring (bicyclic) bond motifs is 1. The van der Waals surface area contributed by atoms with Crippen molar-refractivity contribution in [3.05, 3.63) is 72.4 Å². The van der Waals surface area contributed by atoms with E-state index in [1.165, 1.54) is 11.3 Å².